The Bertz CT molecular complexity index is 1030. The predicted molar refractivity (Wildman–Crippen MR) is 112 cm³/mol. The molecule has 0 bridgehead atoms. The van der Waals surface area contributed by atoms with Crippen LogP contribution in [0.4, 0.5) is 10.1 Å². The minimum atomic E-state index is -3.59. The summed E-state index contributed by atoms with van der Waals surface area (Å²) >= 11 is 0. The maximum absolute atomic E-state index is 13.1. The number of hydrogen-bond donors (Lipinski definition) is 1. The van der Waals surface area contributed by atoms with Gasteiger partial charge in [0.1, 0.15) is 16.4 Å². The molecule has 0 spiro atoms. The maximum Gasteiger partial charge on any atom is 0.245 e. The van der Waals surface area contributed by atoms with E-state index < -0.39 is 10.0 Å². The Morgan fingerprint density at radius 2 is 1.77 bits per heavy atom. The van der Waals surface area contributed by atoms with Crippen molar-refractivity contribution in [2.75, 3.05) is 50.7 Å². The van der Waals surface area contributed by atoms with Crippen LogP contribution < -0.4 is 4.90 Å². The number of benzene rings is 1. The van der Waals surface area contributed by atoms with Gasteiger partial charge in [0.05, 0.1) is 12.2 Å². The standard InChI is InChI=1S/C20H26FN5O3S/c1-23-10-7-19-20(23)18(22-27)15-26(30(19,28)29)9-2-8-24-11-13-25(14-12-24)17-5-3-16(21)4-6-17/h3-7,10,27H,2,8-9,11-15H2,1H3. The number of sulfonamides is 1. The zero-order chi connectivity index (χ0) is 21.3. The van der Waals surface area contributed by atoms with Crippen molar-refractivity contribution in [2.45, 2.75) is 11.3 Å². The second-order valence-electron chi connectivity index (χ2n) is 7.68. The van der Waals surface area contributed by atoms with E-state index in [4.69, 9.17) is 0 Å². The highest BCUT2D eigenvalue weighted by atomic mass is 32.2. The molecule has 4 rings (SSSR count). The first-order valence-electron chi connectivity index (χ1n) is 10.00. The normalized spacial score (nSPS) is 21.1. The minimum Gasteiger partial charge on any atom is -0.411 e. The summed E-state index contributed by atoms with van der Waals surface area (Å²) < 4.78 is 42.0. The van der Waals surface area contributed by atoms with Crippen LogP contribution in [0.25, 0.3) is 0 Å². The Labute approximate surface area is 175 Å². The van der Waals surface area contributed by atoms with E-state index in [9.17, 15) is 18.0 Å². The predicted octanol–water partition coefficient (Wildman–Crippen LogP) is 1.56. The van der Waals surface area contributed by atoms with Crippen LogP contribution in [0.1, 0.15) is 12.1 Å². The van der Waals surface area contributed by atoms with Crippen molar-refractivity contribution in [3.8, 4) is 0 Å². The van der Waals surface area contributed by atoms with Crippen LogP contribution in [-0.4, -0.2) is 78.9 Å². The van der Waals surface area contributed by atoms with Crippen LogP contribution in [0.15, 0.2) is 46.6 Å². The molecule has 2 aliphatic rings. The molecule has 3 heterocycles. The lowest BCUT2D eigenvalue weighted by atomic mass is 10.2. The summed E-state index contributed by atoms with van der Waals surface area (Å²) in [6.45, 7) is 4.67. The molecule has 0 saturated carbocycles. The summed E-state index contributed by atoms with van der Waals surface area (Å²) in [6.07, 6.45) is 2.36. The number of nitrogens with zero attached hydrogens (tertiary/aromatic N) is 5. The molecule has 162 valence electrons. The smallest absolute Gasteiger partial charge is 0.245 e. The van der Waals surface area contributed by atoms with E-state index in [1.807, 2.05) is 0 Å². The molecule has 8 nitrogen and oxygen atoms in total. The second kappa shape index (κ2) is 8.37. The summed E-state index contributed by atoms with van der Waals surface area (Å²) in [6, 6.07) is 8.09. The molecule has 0 atom stereocenters. The van der Waals surface area contributed by atoms with Crippen LogP contribution in [0.2, 0.25) is 0 Å². The molecule has 2 aliphatic heterocycles. The third-order valence-electron chi connectivity index (χ3n) is 5.82. The number of aromatic nitrogens is 1. The lowest BCUT2D eigenvalue weighted by molar-refractivity contribution is 0.247. The van der Waals surface area contributed by atoms with E-state index in [1.165, 1.54) is 16.4 Å². The molecule has 0 unspecified atom stereocenters. The number of aryl methyl sites for hydroxylation is 1. The monoisotopic (exact) mass is 435 g/mol. The van der Waals surface area contributed by atoms with Gasteiger partial charge in [0.15, 0.2) is 0 Å². The van der Waals surface area contributed by atoms with Gasteiger partial charge in [0.25, 0.3) is 0 Å². The molecule has 1 aromatic heterocycles. The van der Waals surface area contributed by atoms with Crippen molar-refractivity contribution in [1.29, 1.82) is 0 Å². The number of hydrogen-bond acceptors (Lipinski definition) is 6. The molecular weight excluding hydrogens is 409 g/mol. The molecule has 1 aromatic carbocycles. The zero-order valence-corrected chi connectivity index (χ0v) is 17.7. The zero-order valence-electron chi connectivity index (χ0n) is 16.9. The number of anilines is 1. The van der Waals surface area contributed by atoms with Crippen molar-refractivity contribution >= 4 is 21.4 Å². The Morgan fingerprint density at radius 1 is 1.07 bits per heavy atom. The highest BCUT2D eigenvalue weighted by molar-refractivity contribution is 7.89. The first-order valence-corrected chi connectivity index (χ1v) is 11.4. The molecular formula is C20H26FN5O3S. The van der Waals surface area contributed by atoms with Crippen LogP contribution in [-0.2, 0) is 17.1 Å². The molecule has 0 amide bonds. The number of oxime groups is 1. The SMILES string of the molecule is Cn1ccc2c1C(=NO)CN(CCCN1CCN(c3ccc(F)cc3)CC1)S2(=O)=O. The topological polar surface area (TPSA) is 81.4 Å². The van der Waals surface area contributed by atoms with Gasteiger partial charge in [-0.15, -0.1) is 0 Å². The van der Waals surface area contributed by atoms with Gasteiger partial charge < -0.3 is 14.7 Å². The third-order valence-corrected chi connectivity index (χ3v) is 7.70. The van der Waals surface area contributed by atoms with Gasteiger partial charge in [-0.2, -0.15) is 4.31 Å². The third kappa shape index (κ3) is 3.94. The van der Waals surface area contributed by atoms with Crippen LogP contribution in [0.5, 0.6) is 0 Å². The van der Waals surface area contributed by atoms with Gasteiger partial charge in [-0.1, -0.05) is 5.16 Å². The first-order chi connectivity index (χ1) is 14.4. The van der Waals surface area contributed by atoms with E-state index >= 15 is 0 Å². The van der Waals surface area contributed by atoms with Crippen molar-refractivity contribution in [2.24, 2.45) is 12.2 Å². The van der Waals surface area contributed by atoms with Gasteiger partial charge in [-0.3, -0.25) is 4.90 Å². The molecule has 30 heavy (non-hydrogen) atoms. The molecule has 1 N–H and O–H groups in total. The lowest BCUT2D eigenvalue weighted by Crippen LogP contribution is -2.47. The van der Waals surface area contributed by atoms with Crippen molar-refractivity contribution in [3.63, 3.8) is 0 Å². The van der Waals surface area contributed by atoms with E-state index in [0.717, 1.165) is 38.4 Å². The minimum absolute atomic E-state index is 0.0715. The van der Waals surface area contributed by atoms with Crippen LogP contribution in [0, 0.1) is 5.82 Å². The Hall–Kier alpha value is -2.43. The molecule has 1 fully saturated rings. The average Bonchev–Trinajstić information content (AvgIpc) is 3.14. The quantitative estimate of drug-likeness (QED) is 0.570. The average molecular weight is 436 g/mol. The summed E-state index contributed by atoms with van der Waals surface area (Å²) in [5, 5.41) is 12.7. The Kier molecular flexibility index (Phi) is 5.81. The van der Waals surface area contributed by atoms with Crippen molar-refractivity contribution < 1.29 is 18.0 Å². The first kappa shape index (κ1) is 20.8. The fourth-order valence-electron chi connectivity index (χ4n) is 4.16. The van der Waals surface area contributed by atoms with E-state index in [2.05, 4.69) is 15.0 Å². The Morgan fingerprint density at radius 3 is 2.43 bits per heavy atom. The van der Waals surface area contributed by atoms with Crippen molar-refractivity contribution in [1.82, 2.24) is 13.8 Å². The number of rotatable bonds is 5. The molecule has 10 heteroatoms. The molecule has 1 saturated heterocycles. The lowest BCUT2D eigenvalue weighted by Gasteiger charge is -2.36. The van der Waals surface area contributed by atoms with Gasteiger partial charge in [-0.05, 0) is 43.3 Å². The van der Waals surface area contributed by atoms with Crippen LogP contribution in [0.3, 0.4) is 0 Å². The molecule has 0 radical (unpaired) electrons. The van der Waals surface area contributed by atoms with E-state index in [-0.39, 0.29) is 17.3 Å². The highest BCUT2D eigenvalue weighted by Crippen LogP contribution is 2.27. The number of fused-ring (bicyclic) bond motifs is 1. The molecule has 0 aliphatic carbocycles. The fourth-order valence-corrected chi connectivity index (χ4v) is 5.84. The van der Waals surface area contributed by atoms with Gasteiger partial charge >= 0.3 is 0 Å². The van der Waals surface area contributed by atoms with Gasteiger partial charge in [0.2, 0.25) is 10.0 Å². The summed E-state index contributed by atoms with van der Waals surface area (Å²) in [5.41, 5.74) is 1.83. The largest absolute Gasteiger partial charge is 0.411 e. The maximum atomic E-state index is 13.1. The molecule has 2 aromatic rings. The van der Waals surface area contributed by atoms with Crippen LogP contribution >= 0.6 is 0 Å². The van der Waals surface area contributed by atoms with E-state index in [1.54, 1.807) is 36.0 Å². The van der Waals surface area contributed by atoms with Crippen molar-refractivity contribution in [3.05, 3.63) is 48.0 Å². The number of piperazine rings is 1. The van der Waals surface area contributed by atoms with E-state index in [0.29, 0.717) is 24.4 Å². The fraction of sp³-hybridized carbons (Fsp3) is 0.450. The van der Waals surface area contributed by atoms with Gasteiger partial charge in [-0.25, -0.2) is 12.8 Å². The second-order valence-corrected chi connectivity index (χ2v) is 9.59. The highest BCUT2D eigenvalue weighted by Gasteiger charge is 2.37. The Balaban J connectivity index is 1.31. The summed E-state index contributed by atoms with van der Waals surface area (Å²) in [4.78, 5) is 4.73. The number of halogens is 1. The van der Waals surface area contributed by atoms with Gasteiger partial charge in [0, 0.05) is 51.7 Å². The summed E-state index contributed by atoms with van der Waals surface area (Å²) in [5.74, 6) is -0.234. The summed E-state index contributed by atoms with van der Waals surface area (Å²) in [7, 11) is -1.86.